The smallest absolute Gasteiger partial charge is 0.187 e. The summed E-state index contributed by atoms with van der Waals surface area (Å²) in [5.74, 6) is 0. The Morgan fingerprint density at radius 2 is 0.853 bits per heavy atom. The van der Waals surface area contributed by atoms with Crippen LogP contribution in [0.2, 0.25) is 0 Å². The highest BCUT2D eigenvalue weighted by molar-refractivity contribution is 4.96. The zero-order valence-corrected chi connectivity index (χ0v) is 17.7. The molecule has 200 valence electrons. The molecule has 0 aliphatic carbocycles. The fourth-order valence-electron chi connectivity index (χ4n) is 4.04. The summed E-state index contributed by atoms with van der Waals surface area (Å²) in [6.45, 7) is -2.33. The van der Waals surface area contributed by atoms with E-state index in [0.717, 1.165) is 0 Å². The van der Waals surface area contributed by atoms with Crippen LogP contribution >= 0.6 is 0 Å². The van der Waals surface area contributed by atoms with Crippen molar-refractivity contribution in [3.05, 3.63) is 0 Å². The summed E-state index contributed by atoms with van der Waals surface area (Å²) < 4.78 is 26.2. The Bertz CT molecular complexity index is 639. The van der Waals surface area contributed by atoms with E-state index in [0.29, 0.717) is 0 Å². The van der Waals surface area contributed by atoms with Crippen LogP contribution in [0.1, 0.15) is 0 Å². The van der Waals surface area contributed by atoms with E-state index in [1.165, 1.54) is 0 Å². The first-order valence-corrected chi connectivity index (χ1v) is 10.6. The highest BCUT2D eigenvalue weighted by atomic mass is 16.7. The van der Waals surface area contributed by atoms with Crippen LogP contribution in [-0.4, -0.2) is 168 Å². The van der Waals surface area contributed by atoms with Crippen molar-refractivity contribution < 1.29 is 79.9 Å². The molecule has 0 bridgehead atoms. The van der Waals surface area contributed by atoms with Gasteiger partial charge in [-0.2, -0.15) is 0 Å². The van der Waals surface area contributed by atoms with E-state index in [1.54, 1.807) is 0 Å². The monoisotopic (exact) mass is 504 g/mol. The minimum atomic E-state index is -1.92. The van der Waals surface area contributed by atoms with Crippen LogP contribution in [0.3, 0.4) is 0 Å². The molecule has 3 saturated heterocycles. The largest absolute Gasteiger partial charge is 0.394 e. The van der Waals surface area contributed by atoms with Crippen molar-refractivity contribution in [2.24, 2.45) is 0 Å². The van der Waals surface area contributed by atoms with Gasteiger partial charge in [-0.1, -0.05) is 0 Å². The Morgan fingerprint density at radius 1 is 0.441 bits per heavy atom. The molecule has 34 heavy (non-hydrogen) atoms. The summed E-state index contributed by atoms with van der Waals surface area (Å²) in [4.78, 5) is 0. The molecule has 3 fully saturated rings. The number of rotatable bonds is 7. The number of hydrogen-bond donors (Lipinski definition) is 11. The molecule has 3 rings (SSSR count). The molecule has 0 aromatic carbocycles. The second kappa shape index (κ2) is 11.6. The number of hydrogen-bond acceptors (Lipinski definition) is 16. The van der Waals surface area contributed by atoms with E-state index < -0.39 is 112 Å². The second-order valence-electron chi connectivity index (χ2n) is 8.33. The predicted octanol–water partition coefficient (Wildman–Crippen LogP) is -7.57. The zero-order chi connectivity index (χ0) is 25.3. The predicted molar refractivity (Wildman–Crippen MR) is 101 cm³/mol. The van der Waals surface area contributed by atoms with Crippen LogP contribution in [0.25, 0.3) is 0 Å². The Labute approximate surface area is 192 Å². The van der Waals surface area contributed by atoms with Crippen LogP contribution in [0, 0.1) is 0 Å². The van der Waals surface area contributed by atoms with Gasteiger partial charge in [0.25, 0.3) is 0 Å². The quantitative estimate of drug-likeness (QED) is 0.154. The third-order valence-electron chi connectivity index (χ3n) is 6.09. The van der Waals surface area contributed by atoms with Gasteiger partial charge in [-0.05, 0) is 0 Å². The van der Waals surface area contributed by atoms with Crippen LogP contribution in [0.15, 0.2) is 0 Å². The fraction of sp³-hybridized carbons (Fsp3) is 1.00. The van der Waals surface area contributed by atoms with E-state index >= 15 is 0 Å². The van der Waals surface area contributed by atoms with Gasteiger partial charge in [0, 0.05) is 0 Å². The van der Waals surface area contributed by atoms with Crippen molar-refractivity contribution in [2.75, 3.05) is 19.8 Å². The molecule has 0 amide bonds. The zero-order valence-electron chi connectivity index (χ0n) is 17.7. The fourth-order valence-corrected chi connectivity index (χ4v) is 4.04. The molecule has 0 spiro atoms. The van der Waals surface area contributed by atoms with E-state index in [1.807, 2.05) is 0 Å². The van der Waals surface area contributed by atoms with E-state index in [4.69, 9.17) is 23.7 Å². The maximum absolute atomic E-state index is 10.7. The summed E-state index contributed by atoms with van der Waals surface area (Å²) in [6.07, 6.45) is -25.5. The van der Waals surface area contributed by atoms with Crippen LogP contribution < -0.4 is 0 Å². The molecule has 15 atom stereocenters. The van der Waals surface area contributed by atoms with Crippen LogP contribution in [0.5, 0.6) is 0 Å². The summed E-state index contributed by atoms with van der Waals surface area (Å²) in [7, 11) is 0. The minimum Gasteiger partial charge on any atom is -0.394 e. The molecule has 0 aromatic heterocycles. The van der Waals surface area contributed by atoms with Crippen LogP contribution in [0.4, 0.5) is 0 Å². The maximum atomic E-state index is 10.7. The van der Waals surface area contributed by atoms with Gasteiger partial charge in [0.1, 0.15) is 73.2 Å². The third-order valence-corrected chi connectivity index (χ3v) is 6.09. The van der Waals surface area contributed by atoms with Gasteiger partial charge in [-0.25, -0.2) is 0 Å². The lowest BCUT2D eigenvalue weighted by Gasteiger charge is -2.47. The highest BCUT2D eigenvalue weighted by Gasteiger charge is 2.53. The number of aliphatic hydroxyl groups is 11. The Balaban J connectivity index is 1.78. The maximum Gasteiger partial charge on any atom is 0.187 e. The highest BCUT2D eigenvalue weighted by Crippen LogP contribution is 2.32. The molecule has 16 heteroatoms. The SMILES string of the molecule is OCC1O[C@@H](O[C@@H]2C(O)[C@H](O[C@@H]3C(O)[C@H](O)OC(CO)[C@@H]3O)OC(CO)[C@@H]2O)C(O)[C@@H](O)[C@H]1O. The van der Waals surface area contributed by atoms with E-state index in [-0.39, 0.29) is 0 Å². The molecule has 3 aliphatic heterocycles. The molecular weight excluding hydrogens is 472 g/mol. The third kappa shape index (κ3) is 5.37. The first kappa shape index (κ1) is 27.9. The molecular formula is C18H32O16. The van der Waals surface area contributed by atoms with Crippen molar-refractivity contribution >= 4 is 0 Å². The lowest BCUT2D eigenvalue weighted by Crippen LogP contribution is -2.66. The normalized spacial score (nSPS) is 52.5. The lowest BCUT2D eigenvalue weighted by atomic mass is 9.96. The van der Waals surface area contributed by atoms with Gasteiger partial charge in [-0.3, -0.25) is 0 Å². The van der Waals surface area contributed by atoms with Gasteiger partial charge in [0.15, 0.2) is 18.9 Å². The first-order chi connectivity index (χ1) is 16.0. The summed E-state index contributed by atoms with van der Waals surface area (Å²) in [6, 6.07) is 0. The Kier molecular flexibility index (Phi) is 9.54. The topological polar surface area (TPSA) is 269 Å². The lowest BCUT2D eigenvalue weighted by molar-refractivity contribution is -0.379. The van der Waals surface area contributed by atoms with Crippen molar-refractivity contribution in [1.82, 2.24) is 0 Å². The molecule has 11 N–H and O–H groups in total. The standard InChI is InChI=1S/C18H32O16/c19-1-4-7(22)10(25)11(26)17(31-4)34-15-9(24)6(3-21)32-18(13(15)28)33-14-8(23)5(2-20)30-16(29)12(14)27/h4-29H,1-3H2/t4?,5?,6?,7-,8-,9-,10-,11?,12?,13?,14-,15-,16+,17-,18-/m0/s1. The van der Waals surface area contributed by atoms with Crippen molar-refractivity contribution in [3.8, 4) is 0 Å². The van der Waals surface area contributed by atoms with Crippen molar-refractivity contribution in [3.63, 3.8) is 0 Å². The Morgan fingerprint density at radius 3 is 1.35 bits per heavy atom. The van der Waals surface area contributed by atoms with E-state index in [2.05, 4.69) is 0 Å². The molecule has 16 nitrogen and oxygen atoms in total. The average Bonchev–Trinajstić information content (AvgIpc) is 2.82. The van der Waals surface area contributed by atoms with Crippen molar-refractivity contribution in [1.29, 1.82) is 0 Å². The molecule has 0 saturated carbocycles. The Hall–Kier alpha value is -0.640. The molecule has 3 aliphatic rings. The number of ether oxygens (including phenoxy) is 5. The molecule has 0 aromatic rings. The van der Waals surface area contributed by atoms with Gasteiger partial charge < -0.3 is 79.9 Å². The minimum absolute atomic E-state index is 0.750. The molecule has 3 heterocycles. The first-order valence-electron chi connectivity index (χ1n) is 10.6. The van der Waals surface area contributed by atoms with Gasteiger partial charge in [-0.15, -0.1) is 0 Å². The molecule has 0 radical (unpaired) electrons. The van der Waals surface area contributed by atoms with Crippen molar-refractivity contribution in [2.45, 2.75) is 92.1 Å². The van der Waals surface area contributed by atoms with Gasteiger partial charge in [0.05, 0.1) is 19.8 Å². The second-order valence-corrected chi connectivity index (χ2v) is 8.33. The van der Waals surface area contributed by atoms with Gasteiger partial charge in [0.2, 0.25) is 0 Å². The van der Waals surface area contributed by atoms with Crippen LogP contribution in [-0.2, 0) is 23.7 Å². The average molecular weight is 504 g/mol. The summed E-state index contributed by atoms with van der Waals surface area (Å²) in [5.41, 5.74) is 0. The van der Waals surface area contributed by atoms with Gasteiger partial charge >= 0.3 is 0 Å². The number of aliphatic hydroxyl groups excluding tert-OH is 11. The summed E-state index contributed by atoms with van der Waals surface area (Å²) in [5, 5.41) is 110. The summed E-state index contributed by atoms with van der Waals surface area (Å²) >= 11 is 0. The molecule has 6 unspecified atom stereocenters. The van der Waals surface area contributed by atoms with E-state index in [9.17, 15) is 56.2 Å².